The minimum Gasteiger partial charge on any atom is -0.412 e. The molecule has 0 aromatic heterocycles. The van der Waals surface area contributed by atoms with Gasteiger partial charge in [-0.2, -0.15) is 5.56 Å². The molecule has 0 heterocycles. The molecule has 12 heavy (non-hydrogen) atoms. The van der Waals surface area contributed by atoms with Gasteiger partial charge in [0.2, 0.25) is 0 Å². The van der Waals surface area contributed by atoms with Crippen LogP contribution in [0.25, 0.3) is 6.08 Å². The quantitative estimate of drug-likeness (QED) is 0.450. The molecule has 1 aromatic carbocycles. The zero-order valence-electron chi connectivity index (χ0n) is 6.45. The predicted octanol–water partition coefficient (Wildman–Crippen LogP) is -0.347. The van der Waals surface area contributed by atoms with E-state index in [-0.39, 0.29) is 33.5 Å². The Labute approximate surface area is 82.5 Å². The van der Waals surface area contributed by atoms with Gasteiger partial charge in [0.1, 0.15) is 0 Å². The van der Waals surface area contributed by atoms with Crippen molar-refractivity contribution in [1.29, 1.82) is 0 Å². The fraction of sp³-hybridized carbons (Fsp3) is 0. The maximum Gasteiger partial charge on any atom is 0 e. The van der Waals surface area contributed by atoms with E-state index in [9.17, 15) is 0 Å². The van der Waals surface area contributed by atoms with Crippen molar-refractivity contribution in [1.82, 2.24) is 0 Å². The smallest absolute Gasteiger partial charge is 0 e. The molecule has 0 aliphatic carbocycles. The van der Waals surface area contributed by atoms with E-state index in [1.165, 1.54) is 0 Å². The first-order valence-electron chi connectivity index (χ1n) is 2.52. The maximum absolute atomic E-state index is 3.60. The minimum absolute atomic E-state index is 0. The second-order valence-electron chi connectivity index (χ2n) is 1.52. The third-order valence-electron chi connectivity index (χ3n) is 0.953. The molecule has 0 amide bonds. The predicted molar refractivity (Wildman–Crippen MR) is 46.2 cm³/mol. The number of hydrogen-bond donors (Lipinski definition) is 0. The van der Waals surface area contributed by atoms with E-state index in [0.29, 0.717) is 0 Å². The van der Waals surface area contributed by atoms with Gasteiger partial charge in [-0.25, -0.2) is 0 Å². The normalized spacial score (nSPS) is 5.67. The Balaban J connectivity index is -0.0000000800. The molecule has 0 aliphatic rings. The standard InChI is InChI=1S/C8H7.Fe.3H2O/c1-2-8-6-4-3-5-7-8;;;;/h2-6H,1H2;;3*1H2/q-1;;;;. The first kappa shape index (κ1) is 22.5. The van der Waals surface area contributed by atoms with Gasteiger partial charge in [0.25, 0.3) is 0 Å². The summed E-state index contributed by atoms with van der Waals surface area (Å²) in [7, 11) is 0. The Hall–Kier alpha value is -0.641. The molecule has 0 saturated carbocycles. The molecule has 6 N–H and O–H groups in total. The molecule has 0 radical (unpaired) electrons. The van der Waals surface area contributed by atoms with Crippen LogP contribution >= 0.6 is 0 Å². The number of benzene rings is 1. The van der Waals surface area contributed by atoms with Crippen LogP contribution in [-0.2, 0) is 17.1 Å². The van der Waals surface area contributed by atoms with E-state index in [1.54, 1.807) is 6.08 Å². The van der Waals surface area contributed by atoms with Gasteiger partial charge in [-0.1, -0.05) is 0 Å². The molecule has 1 aromatic rings. The van der Waals surface area contributed by atoms with E-state index in [2.05, 4.69) is 12.6 Å². The molecule has 1 rings (SSSR count). The average molecular weight is 213 g/mol. The van der Waals surface area contributed by atoms with Crippen molar-refractivity contribution in [2.45, 2.75) is 0 Å². The third-order valence-corrected chi connectivity index (χ3v) is 0.953. The van der Waals surface area contributed by atoms with E-state index in [4.69, 9.17) is 0 Å². The van der Waals surface area contributed by atoms with E-state index in [0.717, 1.165) is 5.56 Å². The summed E-state index contributed by atoms with van der Waals surface area (Å²) >= 11 is 0. The molecule has 3 nitrogen and oxygen atoms in total. The zero-order valence-corrected chi connectivity index (χ0v) is 7.55. The van der Waals surface area contributed by atoms with Crippen LogP contribution in [0.1, 0.15) is 5.56 Å². The molecule has 72 valence electrons. The molecule has 0 spiro atoms. The van der Waals surface area contributed by atoms with E-state index in [1.807, 2.05) is 24.3 Å². The Morgan fingerprint density at radius 2 is 1.75 bits per heavy atom. The Morgan fingerprint density at radius 3 is 2.00 bits per heavy atom. The van der Waals surface area contributed by atoms with E-state index >= 15 is 0 Å². The Kier molecular flexibility index (Phi) is 24.4. The van der Waals surface area contributed by atoms with Gasteiger partial charge >= 0.3 is 0 Å². The van der Waals surface area contributed by atoms with Crippen molar-refractivity contribution in [2.75, 3.05) is 0 Å². The van der Waals surface area contributed by atoms with Crippen molar-refractivity contribution in [3.63, 3.8) is 0 Å². The summed E-state index contributed by atoms with van der Waals surface area (Å²) in [5, 5.41) is 0. The van der Waals surface area contributed by atoms with Crippen LogP contribution in [0.3, 0.4) is 0 Å². The molecular formula is C8H13FeO3-. The average Bonchev–Trinajstić information content (AvgIpc) is 1.90. The van der Waals surface area contributed by atoms with Gasteiger partial charge in [0, 0.05) is 17.1 Å². The third kappa shape index (κ3) is 7.47. The molecule has 0 unspecified atom stereocenters. The molecule has 4 heteroatoms. The van der Waals surface area contributed by atoms with Crippen molar-refractivity contribution >= 4 is 6.08 Å². The Morgan fingerprint density at radius 1 is 1.17 bits per heavy atom. The Bertz CT molecular complexity index is 177. The van der Waals surface area contributed by atoms with Crippen molar-refractivity contribution in [3.05, 3.63) is 42.5 Å². The second-order valence-corrected chi connectivity index (χ2v) is 1.52. The fourth-order valence-corrected chi connectivity index (χ4v) is 0.534. The van der Waals surface area contributed by atoms with Crippen LogP contribution in [0.5, 0.6) is 0 Å². The minimum atomic E-state index is 0. The van der Waals surface area contributed by atoms with Gasteiger partial charge in [-0.3, -0.25) is 0 Å². The second kappa shape index (κ2) is 13.0. The molecule has 0 bridgehead atoms. The van der Waals surface area contributed by atoms with Gasteiger partial charge in [0.15, 0.2) is 0 Å². The topological polar surface area (TPSA) is 94.5 Å². The summed E-state index contributed by atoms with van der Waals surface area (Å²) in [5.41, 5.74) is 1.05. The van der Waals surface area contributed by atoms with Crippen LogP contribution in [0.15, 0.2) is 30.8 Å². The van der Waals surface area contributed by atoms with Crippen LogP contribution in [-0.4, -0.2) is 16.4 Å². The summed E-state index contributed by atoms with van der Waals surface area (Å²) in [6.07, 6.45) is 1.78. The summed E-state index contributed by atoms with van der Waals surface area (Å²) in [5.74, 6) is 0. The zero-order chi connectivity index (χ0) is 5.82. The summed E-state index contributed by atoms with van der Waals surface area (Å²) in [6, 6.07) is 10.7. The van der Waals surface area contributed by atoms with Crippen LogP contribution in [0, 0.1) is 6.07 Å². The van der Waals surface area contributed by atoms with Crippen molar-refractivity contribution < 1.29 is 33.5 Å². The molecule has 0 atom stereocenters. The molecule has 0 fully saturated rings. The molecule has 0 saturated heterocycles. The summed E-state index contributed by atoms with van der Waals surface area (Å²) < 4.78 is 0. The maximum atomic E-state index is 3.60. The SMILES string of the molecule is C=Cc1[c-]cccc1.O.O.O.[Fe]. The fourth-order valence-electron chi connectivity index (χ4n) is 0.534. The van der Waals surface area contributed by atoms with Crippen LogP contribution < -0.4 is 0 Å². The van der Waals surface area contributed by atoms with E-state index < -0.39 is 0 Å². The number of hydrogen-bond acceptors (Lipinski definition) is 0. The molecular weight excluding hydrogens is 200 g/mol. The largest absolute Gasteiger partial charge is 0.412 e. The first-order chi connectivity index (χ1) is 3.93. The number of rotatable bonds is 1. The first-order valence-corrected chi connectivity index (χ1v) is 2.52. The van der Waals surface area contributed by atoms with Gasteiger partial charge < -0.3 is 16.4 Å². The molecule has 0 aliphatic heterocycles. The van der Waals surface area contributed by atoms with Crippen molar-refractivity contribution in [3.8, 4) is 0 Å². The summed E-state index contributed by atoms with van der Waals surface area (Å²) in [4.78, 5) is 0. The monoisotopic (exact) mass is 213 g/mol. The van der Waals surface area contributed by atoms with Crippen LogP contribution in [0.2, 0.25) is 0 Å². The summed E-state index contributed by atoms with van der Waals surface area (Å²) in [6.45, 7) is 3.60. The van der Waals surface area contributed by atoms with Crippen molar-refractivity contribution in [2.24, 2.45) is 0 Å². The van der Waals surface area contributed by atoms with Gasteiger partial charge in [-0.05, 0) is 0 Å². The van der Waals surface area contributed by atoms with Crippen LogP contribution in [0.4, 0.5) is 0 Å². The van der Waals surface area contributed by atoms with Gasteiger partial charge in [0.05, 0.1) is 0 Å². The van der Waals surface area contributed by atoms with Gasteiger partial charge in [-0.15, -0.1) is 43.0 Å².